The minimum absolute atomic E-state index is 0. The predicted octanol–water partition coefficient (Wildman–Crippen LogP) is 18.7. The van der Waals surface area contributed by atoms with E-state index in [0.29, 0.717) is 103 Å². The van der Waals surface area contributed by atoms with Crippen LogP contribution in [-0.4, -0.2) is 181 Å². The molecule has 39 heteroatoms. The monoisotopic (exact) mass is 1960 g/mol. The SMILES string of the molecule is C.C1CCOC1.CC(C)(C)OC(=O)NCCC(=O)c1cccc(NS(=O)(=O)C2CCCCC2)c1.CC(C)(C)OC(=O)NCCC(O)c1cccc(NS(=O)(=O)C2CCCCC2)c1.CC(C)(C)OC(=O)OC(=O)OC(C)(C)C.CCOC(C)=O.Cl.ClCCl.NCCC(=O)c1cccc(NS(=O)(=O)C2CCCCC2)c1.NCCC(O)c1cccc(NS(=O)(=O)C2CCCCC2)c1. The van der Waals surface area contributed by atoms with Crippen molar-refractivity contribution in [1.29, 1.82) is 0 Å². The molecule has 1 aliphatic heterocycles. The third-order valence-electron chi connectivity index (χ3n) is 19.0. The van der Waals surface area contributed by atoms with Crippen molar-refractivity contribution in [1.82, 2.24) is 10.6 Å². The van der Waals surface area contributed by atoms with E-state index < -0.39 is 99.2 Å². The molecule has 5 aliphatic rings. The van der Waals surface area contributed by atoms with Crippen LogP contribution in [0.15, 0.2) is 97.1 Å². The standard InChI is InChI=1S/C20H32N2O5S.C20H30N2O5S.C15H24N2O3S.C15H22N2O3S.C10H18O5.C4H8O2.C4H8O.CH2Cl2.CH4.ClH/c2*1-20(2,3)27-19(24)21-13-12-18(23)15-8-7-9-16(14-15)22-28(25,26)17-10-5-4-6-11-17;2*16-10-9-15(18)12-5-4-6-13(11-12)17-21(19,20)14-7-2-1-3-8-14;1-9(2,3)14-7(11)13-8(12)15-10(4,5)6;1-3-6-4(2)5;1-2-4-5-3-1;2-1-3;;/h7-9,14,17-18,22-23H,4-6,10-13H2,1-3H3,(H,21,24);7-9,14,17,22H,4-6,10-13H2,1-3H3,(H,21,24);4-6,11,14-15,17-18H,1-3,7-10,16H2;4-6,11,14,17H,1-3,7-10,16H2;1-6H3;3H2,1-2H3;1-4H2;1H2;1H4;1H. The molecule has 4 aromatic carbocycles. The van der Waals surface area contributed by atoms with Crippen LogP contribution in [-0.2, 0) is 78.0 Å². The van der Waals surface area contributed by atoms with Crippen molar-refractivity contribution in [3.63, 3.8) is 0 Å². The number of anilines is 4. The Kier molecular flexibility index (Phi) is 58.6. The smallest absolute Gasteiger partial charge is 0.466 e. The molecule has 12 N–H and O–H groups in total. The summed E-state index contributed by atoms with van der Waals surface area (Å²) in [6.07, 6.45) is 16.5. The highest BCUT2D eigenvalue weighted by Gasteiger charge is 2.33. The molecule has 738 valence electrons. The Morgan fingerprint density at radius 3 is 1.00 bits per heavy atom. The van der Waals surface area contributed by atoms with Gasteiger partial charge in [-0.2, -0.15) is 0 Å². The molecule has 9 rings (SSSR count). The van der Waals surface area contributed by atoms with E-state index in [4.69, 9.17) is 58.4 Å². The van der Waals surface area contributed by atoms with Gasteiger partial charge in [0.05, 0.1) is 45.2 Å². The number of alkyl carbamates (subject to hydrolysis) is 2. The van der Waals surface area contributed by atoms with Gasteiger partial charge in [-0.25, -0.2) is 52.8 Å². The summed E-state index contributed by atoms with van der Waals surface area (Å²) in [7, 11) is -13.6. The van der Waals surface area contributed by atoms with E-state index in [0.717, 1.165) is 103 Å². The maximum Gasteiger partial charge on any atom is 0.519 e. The van der Waals surface area contributed by atoms with Crippen LogP contribution >= 0.6 is 35.6 Å². The predicted molar refractivity (Wildman–Crippen MR) is 514 cm³/mol. The lowest BCUT2D eigenvalue weighted by molar-refractivity contribution is -0.140. The summed E-state index contributed by atoms with van der Waals surface area (Å²) in [5.74, 6) is -0.469. The van der Waals surface area contributed by atoms with Gasteiger partial charge >= 0.3 is 30.5 Å². The number of alkyl halides is 2. The number of hydrogen-bond acceptors (Lipinski definition) is 26. The maximum atomic E-state index is 12.6. The zero-order valence-electron chi connectivity index (χ0n) is 77.1. The van der Waals surface area contributed by atoms with Crippen molar-refractivity contribution in [2.75, 3.05) is 70.2 Å². The van der Waals surface area contributed by atoms with Crippen molar-refractivity contribution in [3.8, 4) is 0 Å². The highest BCUT2D eigenvalue weighted by molar-refractivity contribution is 7.94. The van der Waals surface area contributed by atoms with Gasteiger partial charge in [-0.15, -0.1) is 35.6 Å². The first-order valence-electron chi connectivity index (χ1n) is 43.6. The number of nitrogens with two attached hydrogens (primary N) is 2. The number of hydrogen-bond donors (Lipinski definition) is 10. The molecule has 2 unspecified atom stereocenters. The first kappa shape index (κ1) is 122. The number of carbonyl (C=O) groups is 7. The van der Waals surface area contributed by atoms with Gasteiger partial charge < -0.3 is 65.5 Å². The normalized spacial score (nSPS) is 15.6. The Morgan fingerprint density at radius 1 is 0.434 bits per heavy atom. The zero-order valence-corrected chi connectivity index (χ0v) is 82.7. The van der Waals surface area contributed by atoms with Gasteiger partial charge in [-0.05, 0) is 240 Å². The molecule has 1 heterocycles. The summed E-state index contributed by atoms with van der Waals surface area (Å²) < 4.78 is 144. The summed E-state index contributed by atoms with van der Waals surface area (Å²) in [5, 5.41) is 24.3. The van der Waals surface area contributed by atoms with Crippen molar-refractivity contribution >= 4 is 140 Å². The number of benzene rings is 4. The number of halogens is 3. The third-order valence-corrected chi connectivity index (χ3v) is 26.4. The molecule has 0 aromatic heterocycles. The Labute approximate surface area is 784 Å². The van der Waals surface area contributed by atoms with E-state index in [1.807, 2.05) is 0 Å². The molecule has 2 amide bonds. The van der Waals surface area contributed by atoms with Crippen molar-refractivity contribution in [2.24, 2.45) is 11.5 Å². The second-order valence-electron chi connectivity index (χ2n) is 34.8. The highest BCUT2D eigenvalue weighted by atomic mass is 35.5. The second kappa shape index (κ2) is 62.2. The topological polar surface area (TPSA) is 485 Å². The second-order valence-corrected chi connectivity index (χ2v) is 43.5. The Morgan fingerprint density at radius 2 is 0.729 bits per heavy atom. The number of aliphatic hydroxyl groups is 2. The molecule has 1 saturated heterocycles. The fourth-order valence-electron chi connectivity index (χ4n) is 13.1. The van der Waals surface area contributed by atoms with Gasteiger partial charge in [0.2, 0.25) is 40.1 Å². The van der Waals surface area contributed by atoms with E-state index >= 15 is 0 Å². The van der Waals surface area contributed by atoms with Gasteiger partial charge in [-0.1, -0.05) is 133 Å². The number of Topliss-reactive ketones (excluding diaryl/α,β-unsaturated/α-hetero) is 2. The van der Waals surface area contributed by atoms with Crippen LogP contribution in [0.5, 0.6) is 0 Å². The van der Waals surface area contributed by atoms with Gasteiger partial charge in [0.1, 0.15) is 22.4 Å². The van der Waals surface area contributed by atoms with Crippen molar-refractivity contribution < 1.29 is 111 Å². The first-order valence-corrected chi connectivity index (χ1v) is 50.8. The van der Waals surface area contributed by atoms with Crippen LogP contribution in [0.1, 0.15) is 315 Å². The number of nitrogens with one attached hydrogen (secondary N) is 6. The molecular weight excluding hydrogens is 1810 g/mol. The lowest BCUT2D eigenvalue weighted by Crippen LogP contribution is -2.33. The Bertz CT molecular complexity index is 4390. The van der Waals surface area contributed by atoms with Crippen molar-refractivity contribution in [2.45, 2.75) is 327 Å². The molecule has 5 fully saturated rings. The fraction of sp³-hybridized carbons (Fsp3) is 0.656. The number of ketones is 2. The molecule has 0 spiro atoms. The molecular formula is C90H149Cl3N8O24S4. The molecule has 0 bridgehead atoms. The average Bonchev–Trinajstić information content (AvgIpc) is 1.21. The van der Waals surface area contributed by atoms with Crippen LogP contribution in [0, 0.1) is 0 Å². The lowest BCUT2D eigenvalue weighted by Gasteiger charge is -2.23. The van der Waals surface area contributed by atoms with Gasteiger partial charge in [0.15, 0.2) is 11.6 Å². The number of rotatable bonds is 27. The number of esters is 1. The number of ether oxygens (including phenoxy) is 7. The molecule has 32 nitrogen and oxygen atoms in total. The molecule has 2 atom stereocenters. The van der Waals surface area contributed by atoms with Crippen LogP contribution < -0.4 is 41.0 Å². The number of amides is 2. The summed E-state index contributed by atoms with van der Waals surface area (Å²) >= 11 is 9.53. The van der Waals surface area contributed by atoms with E-state index in [1.54, 1.807) is 181 Å². The fourth-order valence-corrected chi connectivity index (χ4v) is 19.4. The van der Waals surface area contributed by atoms with Crippen molar-refractivity contribution in [3.05, 3.63) is 119 Å². The quantitative estimate of drug-likeness (QED) is 0.00871. The van der Waals surface area contributed by atoms with E-state index in [-0.39, 0.29) is 103 Å². The van der Waals surface area contributed by atoms with Crippen LogP contribution in [0.4, 0.5) is 41.9 Å². The third kappa shape index (κ3) is 55.7. The van der Waals surface area contributed by atoms with Crippen LogP contribution in [0.3, 0.4) is 0 Å². The number of aliphatic hydroxyl groups excluding tert-OH is 2. The summed E-state index contributed by atoms with van der Waals surface area (Å²) in [6, 6.07) is 26.7. The molecule has 4 saturated carbocycles. The zero-order chi connectivity index (χ0) is 95.7. The van der Waals surface area contributed by atoms with Crippen LogP contribution in [0.25, 0.3) is 0 Å². The van der Waals surface area contributed by atoms with Gasteiger partial charge in [-0.3, -0.25) is 33.3 Å². The lowest BCUT2D eigenvalue weighted by atomic mass is 10.0. The average molecular weight is 1960 g/mol. The van der Waals surface area contributed by atoms with E-state index in [9.17, 15) is 77.4 Å². The maximum absolute atomic E-state index is 12.6. The number of carbonyl (C=O) groups excluding carboxylic acids is 7. The minimum Gasteiger partial charge on any atom is -0.466 e. The molecule has 0 radical (unpaired) electrons. The van der Waals surface area contributed by atoms with E-state index in [1.165, 1.54) is 25.8 Å². The van der Waals surface area contributed by atoms with Gasteiger partial charge in [0.25, 0.3) is 0 Å². The highest BCUT2D eigenvalue weighted by Crippen LogP contribution is 2.32. The Hall–Kier alpha value is -7.36. The minimum atomic E-state index is -3.46. The molecule has 129 heavy (non-hydrogen) atoms. The largest absolute Gasteiger partial charge is 0.519 e. The van der Waals surface area contributed by atoms with Crippen LogP contribution in [0.2, 0.25) is 0 Å². The number of sulfonamides is 4. The molecule has 4 aromatic rings. The summed E-state index contributed by atoms with van der Waals surface area (Å²) in [6.45, 7) is 27.4. The Balaban J connectivity index is 0.00000154. The van der Waals surface area contributed by atoms with Gasteiger partial charge in [0, 0.05) is 79.9 Å². The summed E-state index contributed by atoms with van der Waals surface area (Å²) in [4.78, 5) is 79.3. The van der Waals surface area contributed by atoms with E-state index in [2.05, 4.69) is 39.0 Å². The summed E-state index contributed by atoms with van der Waals surface area (Å²) in [5.41, 5.74) is 12.2. The molecule has 4 aliphatic carbocycles. The first-order chi connectivity index (χ1) is 59.4.